The van der Waals surface area contributed by atoms with Crippen LogP contribution in [-0.4, -0.2) is 52.7 Å². The molecule has 1 aliphatic carbocycles. The van der Waals surface area contributed by atoms with Crippen molar-refractivity contribution in [3.63, 3.8) is 0 Å². The van der Waals surface area contributed by atoms with Crippen molar-refractivity contribution in [2.75, 3.05) is 19.7 Å². The van der Waals surface area contributed by atoms with Crippen molar-refractivity contribution in [1.29, 1.82) is 0 Å². The topological polar surface area (TPSA) is 109 Å². The van der Waals surface area contributed by atoms with Gasteiger partial charge in [0.05, 0.1) is 18.7 Å². The van der Waals surface area contributed by atoms with Gasteiger partial charge in [-0.05, 0) is 29.2 Å². The lowest BCUT2D eigenvalue weighted by Gasteiger charge is -2.38. The van der Waals surface area contributed by atoms with E-state index in [2.05, 4.69) is 34.6 Å². The highest BCUT2D eigenvalue weighted by atomic mass is 32.1. The number of rotatable bonds is 7. The Balaban J connectivity index is 1.15. The zero-order valence-electron chi connectivity index (χ0n) is 19.2. The highest BCUT2D eigenvalue weighted by molar-refractivity contribution is 7.13. The normalized spacial score (nSPS) is 14.7. The number of benzene rings is 2. The third kappa shape index (κ3) is 4.64. The molecule has 35 heavy (non-hydrogen) atoms. The number of amides is 2. The molecule has 2 heterocycles. The third-order valence-electron chi connectivity index (χ3n) is 6.47. The molecule has 9 heteroatoms. The fourth-order valence-electron chi connectivity index (χ4n) is 4.78. The molecule has 0 spiro atoms. The van der Waals surface area contributed by atoms with Crippen molar-refractivity contribution < 1.29 is 24.2 Å². The second-order valence-electron chi connectivity index (χ2n) is 8.88. The van der Waals surface area contributed by atoms with Crippen molar-refractivity contribution >= 4 is 29.3 Å². The summed E-state index contributed by atoms with van der Waals surface area (Å²) in [5, 5.41) is 12.2. The second kappa shape index (κ2) is 9.50. The lowest BCUT2D eigenvalue weighted by molar-refractivity contribution is -0.139. The Hall–Kier alpha value is -3.72. The molecule has 5 rings (SSSR count). The first kappa shape index (κ1) is 23.0. The van der Waals surface area contributed by atoms with E-state index in [9.17, 15) is 14.4 Å². The van der Waals surface area contributed by atoms with Gasteiger partial charge < -0.3 is 20.1 Å². The molecule has 0 atom stereocenters. The van der Waals surface area contributed by atoms with E-state index in [1.807, 2.05) is 24.3 Å². The molecule has 1 aromatic heterocycles. The van der Waals surface area contributed by atoms with Crippen LogP contribution in [0.25, 0.3) is 11.1 Å². The van der Waals surface area contributed by atoms with E-state index in [1.54, 1.807) is 11.8 Å². The Bertz CT molecular complexity index is 1250. The summed E-state index contributed by atoms with van der Waals surface area (Å²) in [6.07, 6.45) is -0.465. The van der Waals surface area contributed by atoms with E-state index < -0.39 is 12.1 Å². The summed E-state index contributed by atoms with van der Waals surface area (Å²) in [6, 6.07) is 16.3. The zero-order valence-corrected chi connectivity index (χ0v) is 20.0. The van der Waals surface area contributed by atoms with Gasteiger partial charge in [-0.3, -0.25) is 9.59 Å². The number of nitrogens with one attached hydrogen (secondary N) is 1. The summed E-state index contributed by atoms with van der Waals surface area (Å²) in [4.78, 5) is 42.5. The number of carbonyl (C=O) groups excluding carboxylic acids is 2. The van der Waals surface area contributed by atoms with Gasteiger partial charge in [-0.25, -0.2) is 9.78 Å². The van der Waals surface area contributed by atoms with Crippen LogP contribution in [0.5, 0.6) is 0 Å². The maximum absolute atomic E-state index is 12.7. The Labute approximate surface area is 206 Å². The van der Waals surface area contributed by atoms with E-state index in [0.717, 1.165) is 11.1 Å². The van der Waals surface area contributed by atoms with Gasteiger partial charge in [-0.2, -0.15) is 0 Å². The number of likely N-dealkylation sites (tertiary alicyclic amines) is 1. The summed E-state index contributed by atoms with van der Waals surface area (Å²) < 4.78 is 5.56. The average Bonchev–Trinajstić information content (AvgIpc) is 3.35. The monoisotopic (exact) mass is 491 g/mol. The Morgan fingerprint density at radius 1 is 1.09 bits per heavy atom. The standard InChI is InChI=1S/C26H25N3O5S/c1-15-24(25(32)29-12-16(13-29)10-23(30)31)35-22(28-15)11-27-26(33)34-14-21-19-8-4-2-6-17(19)18-7-3-5-9-20(18)21/h2-9,16,21H,10-14H2,1H3,(H,27,33)(H,30,31). The van der Waals surface area contributed by atoms with Crippen LogP contribution in [0.4, 0.5) is 4.79 Å². The molecule has 8 nitrogen and oxygen atoms in total. The molecule has 0 unspecified atom stereocenters. The minimum atomic E-state index is -0.849. The van der Waals surface area contributed by atoms with Crippen molar-refractivity contribution in [2.24, 2.45) is 5.92 Å². The summed E-state index contributed by atoms with van der Waals surface area (Å²) in [6.45, 7) is 3.03. The Morgan fingerprint density at radius 3 is 2.34 bits per heavy atom. The number of carboxylic acid groups (broad SMARTS) is 1. The molecular formula is C26H25N3O5S. The molecule has 1 fully saturated rings. The maximum atomic E-state index is 12.7. The SMILES string of the molecule is Cc1nc(CNC(=O)OCC2c3ccccc3-c3ccccc32)sc1C(=O)N1CC(CC(=O)O)C1. The van der Waals surface area contributed by atoms with Gasteiger partial charge in [-0.15, -0.1) is 11.3 Å². The van der Waals surface area contributed by atoms with Gasteiger partial charge in [0.15, 0.2) is 0 Å². The average molecular weight is 492 g/mol. The molecule has 2 aromatic carbocycles. The number of carbonyl (C=O) groups is 3. The molecular weight excluding hydrogens is 466 g/mol. The minimum absolute atomic E-state index is 0.000571. The van der Waals surface area contributed by atoms with Gasteiger partial charge in [0.1, 0.15) is 16.5 Å². The predicted octanol–water partition coefficient (Wildman–Crippen LogP) is 4.04. The molecule has 0 radical (unpaired) electrons. The molecule has 2 amide bonds. The number of thiazole rings is 1. The van der Waals surface area contributed by atoms with Gasteiger partial charge in [0.2, 0.25) is 0 Å². The summed E-state index contributed by atoms with van der Waals surface area (Å²) in [5.74, 6) is -1.01. The largest absolute Gasteiger partial charge is 0.481 e. The zero-order chi connectivity index (χ0) is 24.5. The lowest BCUT2D eigenvalue weighted by Crippen LogP contribution is -2.50. The number of carboxylic acids is 1. The van der Waals surface area contributed by atoms with Crippen molar-refractivity contribution in [1.82, 2.24) is 15.2 Å². The highest BCUT2D eigenvalue weighted by Gasteiger charge is 2.34. The lowest BCUT2D eigenvalue weighted by atomic mass is 9.96. The highest BCUT2D eigenvalue weighted by Crippen LogP contribution is 2.44. The van der Waals surface area contributed by atoms with E-state index in [0.29, 0.717) is 28.7 Å². The second-order valence-corrected chi connectivity index (χ2v) is 9.96. The van der Waals surface area contributed by atoms with Gasteiger partial charge in [0.25, 0.3) is 5.91 Å². The van der Waals surface area contributed by atoms with Gasteiger partial charge in [-0.1, -0.05) is 48.5 Å². The van der Waals surface area contributed by atoms with Crippen LogP contribution in [-0.2, 0) is 16.1 Å². The predicted molar refractivity (Wildman–Crippen MR) is 130 cm³/mol. The number of alkyl carbamates (subject to hydrolysis) is 1. The van der Waals surface area contributed by atoms with Crippen molar-refractivity contribution in [2.45, 2.75) is 25.8 Å². The molecule has 0 saturated carbocycles. The van der Waals surface area contributed by atoms with E-state index in [4.69, 9.17) is 9.84 Å². The number of hydrogen-bond donors (Lipinski definition) is 2. The van der Waals surface area contributed by atoms with Gasteiger partial charge in [0, 0.05) is 24.9 Å². The quantitative estimate of drug-likeness (QED) is 0.516. The summed E-state index contributed by atoms with van der Waals surface area (Å²) in [5.41, 5.74) is 5.24. The first-order chi connectivity index (χ1) is 16.9. The smallest absolute Gasteiger partial charge is 0.407 e. The first-order valence-corrected chi connectivity index (χ1v) is 12.3. The summed E-state index contributed by atoms with van der Waals surface area (Å²) in [7, 11) is 0. The van der Waals surface area contributed by atoms with Crippen LogP contribution >= 0.6 is 11.3 Å². The molecule has 2 N–H and O–H groups in total. The number of aliphatic carboxylic acids is 1. The fraction of sp³-hybridized carbons (Fsp3) is 0.308. The van der Waals surface area contributed by atoms with Crippen LogP contribution in [0.2, 0.25) is 0 Å². The summed E-state index contributed by atoms with van der Waals surface area (Å²) >= 11 is 1.24. The molecule has 1 aliphatic heterocycles. The van der Waals surface area contributed by atoms with Crippen LogP contribution in [0.15, 0.2) is 48.5 Å². The third-order valence-corrected chi connectivity index (χ3v) is 7.62. The Kier molecular flexibility index (Phi) is 6.25. The number of ether oxygens (including phenoxy) is 1. The number of aromatic nitrogens is 1. The van der Waals surface area contributed by atoms with Crippen LogP contribution in [0, 0.1) is 12.8 Å². The number of aryl methyl sites for hydroxylation is 1. The van der Waals surface area contributed by atoms with Crippen LogP contribution in [0.1, 0.15) is 43.8 Å². The molecule has 0 bridgehead atoms. The molecule has 3 aromatic rings. The number of nitrogens with zero attached hydrogens (tertiary/aromatic N) is 2. The molecule has 1 saturated heterocycles. The Morgan fingerprint density at radius 2 is 1.71 bits per heavy atom. The molecule has 2 aliphatic rings. The number of hydrogen-bond acceptors (Lipinski definition) is 6. The van der Waals surface area contributed by atoms with Crippen molar-refractivity contribution in [3.8, 4) is 11.1 Å². The van der Waals surface area contributed by atoms with Gasteiger partial charge >= 0.3 is 12.1 Å². The van der Waals surface area contributed by atoms with Crippen LogP contribution < -0.4 is 5.32 Å². The van der Waals surface area contributed by atoms with Crippen molar-refractivity contribution in [3.05, 3.63) is 75.2 Å². The van der Waals surface area contributed by atoms with E-state index in [1.165, 1.54) is 22.5 Å². The molecule has 180 valence electrons. The van der Waals surface area contributed by atoms with Crippen LogP contribution in [0.3, 0.4) is 0 Å². The fourth-order valence-corrected chi connectivity index (χ4v) is 5.75. The number of fused-ring (bicyclic) bond motifs is 3. The van der Waals surface area contributed by atoms with E-state index in [-0.39, 0.29) is 37.3 Å². The minimum Gasteiger partial charge on any atom is -0.481 e. The maximum Gasteiger partial charge on any atom is 0.407 e. The van der Waals surface area contributed by atoms with E-state index >= 15 is 0 Å². The first-order valence-electron chi connectivity index (χ1n) is 11.5.